The van der Waals surface area contributed by atoms with Gasteiger partial charge in [-0.1, -0.05) is 32.1 Å². The molecule has 19 heavy (non-hydrogen) atoms. The van der Waals surface area contributed by atoms with Gasteiger partial charge in [0.05, 0.1) is 12.3 Å². The fraction of sp³-hybridized carbons (Fsp3) is 0.625. The number of rotatable bonds is 5. The van der Waals surface area contributed by atoms with Crippen LogP contribution >= 0.6 is 0 Å². The van der Waals surface area contributed by atoms with Gasteiger partial charge in [-0.3, -0.25) is 9.78 Å². The van der Waals surface area contributed by atoms with Crippen LogP contribution in [0.2, 0.25) is 0 Å². The predicted octanol–water partition coefficient (Wildman–Crippen LogP) is 4.02. The lowest BCUT2D eigenvalue weighted by Crippen LogP contribution is -2.13. The van der Waals surface area contributed by atoms with Gasteiger partial charge in [0.2, 0.25) is 0 Å². The summed E-state index contributed by atoms with van der Waals surface area (Å²) in [6, 6.07) is 1.82. The summed E-state index contributed by atoms with van der Waals surface area (Å²) in [4.78, 5) is 16.4. The van der Waals surface area contributed by atoms with Gasteiger partial charge in [0.15, 0.2) is 5.78 Å². The summed E-state index contributed by atoms with van der Waals surface area (Å²) in [6.45, 7) is 3.94. The molecule has 0 radical (unpaired) electrons. The van der Waals surface area contributed by atoms with E-state index in [1.54, 1.807) is 12.4 Å². The van der Waals surface area contributed by atoms with E-state index in [4.69, 9.17) is 4.74 Å². The Balaban J connectivity index is 1.97. The van der Waals surface area contributed by atoms with Crippen molar-refractivity contribution in [1.29, 1.82) is 0 Å². The second-order valence-electron chi connectivity index (χ2n) is 5.71. The maximum Gasteiger partial charge on any atom is 0.164 e. The Morgan fingerprint density at radius 2 is 2.05 bits per heavy atom. The van der Waals surface area contributed by atoms with Crippen LogP contribution in [0.1, 0.15) is 62.7 Å². The number of hydrogen-bond acceptors (Lipinski definition) is 3. The zero-order valence-electron chi connectivity index (χ0n) is 11.9. The van der Waals surface area contributed by atoms with E-state index in [-0.39, 0.29) is 11.9 Å². The van der Waals surface area contributed by atoms with Crippen LogP contribution in [0.4, 0.5) is 0 Å². The smallest absolute Gasteiger partial charge is 0.164 e. The largest absolute Gasteiger partial charge is 0.489 e. The van der Waals surface area contributed by atoms with Crippen molar-refractivity contribution in [1.82, 2.24) is 4.98 Å². The molecule has 0 saturated heterocycles. The molecule has 0 N–H and O–H groups in total. The first-order chi connectivity index (χ1) is 9.15. The Hall–Kier alpha value is -1.38. The quantitative estimate of drug-likeness (QED) is 0.751. The zero-order valence-corrected chi connectivity index (χ0v) is 11.9. The molecule has 0 unspecified atom stereocenters. The van der Waals surface area contributed by atoms with Gasteiger partial charge in [-0.2, -0.15) is 0 Å². The van der Waals surface area contributed by atoms with Gasteiger partial charge in [-0.15, -0.1) is 0 Å². The second kappa shape index (κ2) is 6.69. The first kappa shape index (κ1) is 14.0. The van der Waals surface area contributed by atoms with Crippen molar-refractivity contribution in [2.24, 2.45) is 5.92 Å². The minimum Gasteiger partial charge on any atom is -0.489 e. The van der Waals surface area contributed by atoms with E-state index in [0.717, 1.165) is 0 Å². The monoisotopic (exact) mass is 261 g/mol. The minimum atomic E-state index is 0.102. The van der Waals surface area contributed by atoms with Crippen molar-refractivity contribution in [3.05, 3.63) is 24.0 Å². The van der Waals surface area contributed by atoms with Gasteiger partial charge in [0.1, 0.15) is 5.75 Å². The van der Waals surface area contributed by atoms with Gasteiger partial charge < -0.3 is 4.74 Å². The average molecular weight is 261 g/mol. The fourth-order valence-electron chi connectivity index (χ4n) is 2.68. The molecule has 1 aliphatic rings. The first-order valence-corrected chi connectivity index (χ1v) is 7.30. The highest BCUT2D eigenvalue weighted by Crippen LogP contribution is 2.27. The molecule has 0 aliphatic heterocycles. The summed E-state index contributed by atoms with van der Waals surface area (Å²) < 4.78 is 5.58. The lowest BCUT2D eigenvalue weighted by molar-refractivity contribution is 0.0949. The standard InChI is InChI=1S/C16H23NO2/c1-12(2)19-15-9-14(10-17-11-15)16(18)8-13-6-4-3-5-7-13/h9-13H,3-8H2,1-2H3. The molecule has 3 heteroatoms. The molecular formula is C16H23NO2. The van der Waals surface area contributed by atoms with E-state index < -0.39 is 0 Å². The summed E-state index contributed by atoms with van der Waals surface area (Å²) >= 11 is 0. The van der Waals surface area contributed by atoms with Crippen LogP contribution in [0.25, 0.3) is 0 Å². The number of nitrogens with zero attached hydrogens (tertiary/aromatic N) is 1. The lowest BCUT2D eigenvalue weighted by atomic mass is 9.85. The molecule has 0 bridgehead atoms. The molecule has 0 spiro atoms. The Kier molecular flexibility index (Phi) is 4.94. The third-order valence-electron chi connectivity index (χ3n) is 3.61. The van der Waals surface area contributed by atoms with Crippen molar-refractivity contribution >= 4 is 5.78 Å². The van der Waals surface area contributed by atoms with Gasteiger partial charge in [0, 0.05) is 18.2 Å². The predicted molar refractivity (Wildman–Crippen MR) is 75.5 cm³/mol. The second-order valence-corrected chi connectivity index (χ2v) is 5.71. The van der Waals surface area contributed by atoms with E-state index in [1.807, 2.05) is 19.9 Å². The number of carbonyl (C=O) groups is 1. The molecule has 3 nitrogen and oxygen atoms in total. The Labute approximate surface area is 115 Å². The molecule has 1 aromatic rings. The minimum absolute atomic E-state index is 0.102. The number of Topliss-reactive ketones (excluding diaryl/α,β-unsaturated/α-hetero) is 1. The summed E-state index contributed by atoms with van der Waals surface area (Å²) in [5.41, 5.74) is 0.684. The third-order valence-corrected chi connectivity index (χ3v) is 3.61. The fourth-order valence-corrected chi connectivity index (χ4v) is 2.68. The molecule has 1 fully saturated rings. The van der Waals surface area contributed by atoms with Crippen LogP contribution in [0.5, 0.6) is 5.75 Å². The van der Waals surface area contributed by atoms with Crippen LogP contribution in [0, 0.1) is 5.92 Å². The van der Waals surface area contributed by atoms with E-state index in [1.165, 1.54) is 32.1 Å². The summed E-state index contributed by atoms with van der Waals surface area (Å²) in [6.07, 6.45) is 10.3. The van der Waals surface area contributed by atoms with Gasteiger partial charge in [0.25, 0.3) is 0 Å². The number of ether oxygens (including phenoxy) is 1. The highest BCUT2D eigenvalue weighted by atomic mass is 16.5. The number of carbonyl (C=O) groups excluding carboxylic acids is 1. The topological polar surface area (TPSA) is 39.2 Å². The molecule has 0 aromatic carbocycles. The van der Waals surface area contributed by atoms with Crippen LogP contribution < -0.4 is 4.74 Å². The Morgan fingerprint density at radius 3 is 2.74 bits per heavy atom. The number of hydrogen-bond donors (Lipinski definition) is 0. The molecule has 1 aromatic heterocycles. The normalized spacial score (nSPS) is 16.6. The molecule has 1 heterocycles. The zero-order chi connectivity index (χ0) is 13.7. The van der Waals surface area contributed by atoms with E-state index in [0.29, 0.717) is 23.7 Å². The molecular weight excluding hydrogens is 238 g/mol. The maximum atomic E-state index is 12.3. The molecule has 1 aliphatic carbocycles. The van der Waals surface area contributed by atoms with Crippen molar-refractivity contribution < 1.29 is 9.53 Å². The van der Waals surface area contributed by atoms with Crippen LogP contribution in [0.3, 0.4) is 0 Å². The third kappa shape index (κ3) is 4.34. The average Bonchev–Trinajstić information content (AvgIpc) is 2.39. The van der Waals surface area contributed by atoms with Gasteiger partial charge in [-0.05, 0) is 25.8 Å². The van der Waals surface area contributed by atoms with Crippen molar-refractivity contribution in [2.45, 2.75) is 58.5 Å². The number of pyridine rings is 1. The maximum absolute atomic E-state index is 12.3. The SMILES string of the molecule is CC(C)Oc1cncc(C(=O)CC2CCCCC2)c1. The van der Waals surface area contributed by atoms with Gasteiger partial charge in [-0.25, -0.2) is 0 Å². The molecule has 104 valence electrons. The summed E-state index contributed by atoms with van der Waals surface area (Å²) in [5, 5.41) is 0. The summed E-state index contributed by atoms with van der Waals surface area (Å²) in [5.74, 6) is 1.45. The number of ketones is 1. The Morgan fingerprint density at radius 1 is 1.32 bits per heavy atom. The van der Waals surface area contributed by atoms with Crippen LogP contribution in [0.15, 0.2) is 18.5 Å². The highest BCUT2D eigenvalue weighted by molar-refractivity contribution is 5.96. The lowest BCUT2D eigenvalue weighted by Gasteiger charge is -2.20. The highest BCUT2D eigenvalue weighted by Gasteiger charge is 2.18. The summed E-state index contributed by atoms with van der Waals surface area (Å²) in [7, 11) is 0. The van der Waals surface area contributed by atoms with Crippen molar-refractivity contribution in [2.75, 3.05) is 0 Å². The Bertz CT molecular complexity index is 423. The van der Waals surface area contributed by atoms with E-state index in [2.05, 4.69) is 4.98 Å². The molecule has 1 saturated carbocycles. The van der Waals surface area contributed by atoms with Gasteiger partial charge >= 0.3 is 0 Å². The van der Waals surface area contributed by atoms with Crippen molar-refractivity contribution in [3.8, 4) is 5.75 Å². The van der Waals surface area contributed by atoms with E-state index in [9.17, 15) is 4.79 Å². The van der Waals surface area contributed by atoms with Crippen LogP contribution in [-0.2, 0) is 0 Å². The molecule has 0 atom stereocenters. The first-order valence-electron chi connectivity index (χ1n) is 7.30. The van der Waals surface area contributed by atoms with E-state index >= 15 is 0 Å². The molecule has 0 amide bonds. The number of aromatic nitrogens is 1. The molecule has 2 rings (SSSR count). The van der Waals surface area contributed by atoms with Crippen molar-refractivity contribution in [3.63, 3.8) is 0 Å². The van der Waals surface area contributed by atoms with Crippen LogP contribution in [-0.4, -0.2) is 16.9 Å².